The van der Waals surface area contributed by atoms with Gasteiger partial charge in [0.15, 0.2) is 16.6 Å². The summed E-state index contributed by atoms with van der Waals surface area (Å²) in [7, 11) is -3.79. The van der Waals surface area contributed by atoms with Gasteiger partial charge in [-0.2, -0.15) is 0 Å². The molecule has 0 radical (unpaired) electrons. The second-order valence-corrected chi connectivity index (χ2v) is 27.2. The molecule has 0 bridgehead atoms. The predicted octanol–water partition coefficient (Wildman–Crippen LogP) is 15.7. The molecule has 0 aliphatic heterocycles. The number of hydrogen-bond donors (Lipinski definition) is 0. The molecule has 6 heteroatoms. The molecular formula is C49H90O4Si2. The smallest absolute Gasteiger partial charge is 0.192 e. The molecule has 0 aromatic heterocycles. The predicted molar refractivity (Wildman–Crippen MR) is 247 cm³/mol. The topological polar surface area (TPSA) is 36.9 Å². The number of hydrogen-bond acceptors (Lipinski definition) is 4. The fourth-order valence-electron chi connectivity index (χ4n) is 7.41. The van der Waals surface area contributed by atoms with Crippen LogP contribution in [0.15, 0.2) is 68.3 Å². The fraction of sp³-hybridized carbons (Fsp3) is 0.755. The molecule has 1 aromatic rings. The average molecular weight is 799 g/mol. The van der Waals surface area contributed by atoms with Gasteiger partial charge >= 0.3 is 0 Å². The number of unbranched alkanes of at least 4 members (excludes halogenated alkanes) is 11. The van der Waals surface area contributed by atoms with Gasteiger partial charge in [-0.15, -0.1) is 19.7 Å². The molecule has 1 rings (SSSR count). The Hall–Kier alpha value is -1.29. The Balaban J connectivity index is 3.17. The first-order valence-electron chi connectivity index (χ1n) is 22.9. The van der Waals surface area contributed by atoms with E-state index in [9.17, 15) is 0 Å². The fourth-order valence-corrected chi connectivity index (χ4v) is 11.7. The average Bonchev–Trinajstić information content (AvgIpc) is 3.17. The summed E-state index contributed by atoms with van der Waals surface area (Å²) in [5.74, 6) is 0. The first kappa shape index (κ1) is 51.7. The summed E-state index contributed by atoms with van der Waals surface area (Å²) in [5, 5.41) is 0.199. The lowest BCUT2D eigenvalue weighted by Gasteiger charge is -2.40. The summed E-state index contributed by atoms with van der Waals surface area (Å²) < 4.78 is 28.1. The van der Waals surface area contributed by atoms with E-state index in [0.717, 1.165) is 75.9 Å². The molecule has 0 aliphatic carbocycles. The highest BCUT2D eigenvalue weighted by molar-refractivity contribution is 6.74. The van der Waals surface area contributed by atoms with Crippen LogP contribution >= 0.6 is 0 Å². The van der Waals surface area contributed by atoms with Crippen molar-refractivity contribution in [1.29, 1.82) is 0 Å². The van der Waals surface area contributed by atoms with Crippen molar-refractivity contribution in [1.82, 2.24) is 0 Å². The zero-order valence-corrected chi connectivity index (χ0v) is 39.8. The van der Waals surface area contributed by atoms with Crippen molar-refractivity contribution >= 4 is 16.6 Å². The van der Waals surface area contributed by atoms with Crippen LogP contribution < -0.4 is 0 Å². The highest BCUT2D eigenvalue weighted by Gasteiger charge is 2.39. The number of allylic oxidation sites excluding steroid dienone is 1. The lowest BCUT2D eigenvalue weighted by Crippen LogP contribution is -2.46. The van der Waals surface area contributed by atoms with Gasteiger partial charge in [0.2, 0.25) is 0 Å². The molecule has 4 nitrogen and oxygen atoms in total. The Bertz CT molecular complexity index is 1090. The van der Waals surface area contributed by atoms with Gasteiger partial charge in [0.05, 0.1) is 18.8 Å². The minimum absolute atomic E-state index is 0.0284. The summed E-state index contributed by atoms with van der Waals surface area (Å²) in [6.45, 7) is 34.2. The monoisotopic (exact) mass is 799 g/mol. The van der Waals surface area contributed by atoms with Crippen molar-refractivity contribution in [3.05, 3.63) is 73.9 Å². The SMILES string of the molecule is C=CCCC[C@H](CCCC[C@@H](O[Si](CC)(CC)CC)[C@@H](C=C)O[C@H](CCCCCCCCCCCC)[C@@H](C=C)OCc1ccccc1)O[Si](C)(C)C(C)(C)C. The van der Waals surface area contributed by atoms with E-state index in [-0.39, 0.29) is 29.5 Å². The van der Waals surface area contributed by atoms with E-state index in [0.29, 0.717) is 12.7 Å². The lowest BCUT2D eigenvalue weighted by atomic mass is 10.0. The van der Waals surface area contributed by atoms with Crippen LogP contribution in [0.2, 0.25) is 36.3 Å². The van der Waals surface area contributed by atoms with Crippen LogP contribution in [0.3, 0.4) is 0 Å². The number of rotatable bonds is 36. The molecule has 0 spiro atoms. The van der Waals surface area contributed by atoms with Crippen molar-refractivity contribution in [3.63, 3.8) is 0 Å². The molecule has 0 amide bonds. The molecule has 0 N–H and O–H groups in total. The maximum Gasteiger partial charge on any atom is 0.192 e. The Morgan fingerprint density at radius 3 is 1.65 bits per heavy atom. The van der Waals surface area contributed by atoms with Crippen molar-refractivity contribution in [2.24, 2.45) is 0 Å². The van der Waals surface area contributed by atoms with Crippen LogP contribution in [0.25, 0.3) is 0 Å². The number of ether oxygens (including phenoxy) is 2. The molecule has 0 heterocycles. The minimum atomic E-state index is -1.92. The van der Waals surface area contributed by atoms with Crippen LogP contribution in [-0.2, 0) is 24.9 Å². The molecule has 0 saturated carbocycles. The van der Waals surface area contributed by atoms with Gasteiger partial charge in [-0.1, -0.05) is 174 Å². The molecule has 55 heavy (non-hydrogen) atoms. The van der Waals surface area contributed by atoms with E-state index in [1.807, 2.05) is 18.2 Å². The van der Waals surface area contributed by atoms with Crippen LogP contribution in [0.1, 0.15) is 170 Å². The number of benzene rings is 1. The van der Waals surface area contributed by atoms with Gasteiger partial charge in [0.1, 0.15) is 12.2 Å². The van der Waals surface area contributed by atoms with E-state index < -0.39 is 16.6 Å². The van der Waals surface area contributed by atoms with Crippen LogP contribution in [0.4, 0.5) is 0 Å². The lowest BCUT2D eigenvalue weighted by molar-refractivity contribution is -0.107. The third-order valence-corrected chi connectivity index (χ3v) is 21.7. The molecule has 0 saturated heterocycles. The molecular weight excluding hydrogens is 709 g/mol. The maximum absolute atomic E-state index is 7.34. The quantitative estimate of drug-likeness (QED) is 0.0385. The zero-order chi connectivity index (χ0) is 41.0. The second kappa shape index (κ2) is 29.9. The van der Waals surface area contributed by atoms with Crippen molar-refractivity contribution in [2.75, 3.05) is 0 Å². The molecule has 318 valence electrons. The first-order chi connectivity index (χ1) is 26.3. The van der Waals surface area contributed by atoms with Gasteiger partial charge in [-0.3, -0.25) is 0 Å². The van der Waals surface area contributed by atoms with Gasteiger partial charge in [0.25, 0.3) is 0 Å². The third kappa shape index (κ3) is 21.3. The Morgan fingerprint density at radius 2 is 1.13 bits per heavy atom. The maximum atomic E-state index is 7.34. The van der Waals surface area contributed by atoms with Crippen LogP contribution in [-0.4, -0.2) is 47.2 Å². The van der Waals surface area contributed by atoms with Crippen LogP contribution in [0.5, 0.6) is 0 Å². The summed E-state index contributed by atoms with van der Waals surface area (Å²) in [5.41, 5.74) is 1.17. The van der Waals surface area contributed by atoms with Gasteiger partial charge < -0.3 is 18.3 Å². The third-order valence-electron chi connectivity index (χ3n) is 12.5. The van der Waals surface area contributed by atoms with Gasteiger partial charge in [-0.05, 0) is 80.4 Å². The van der Waals surface area contributed by atoms with Crippen molar-refractivity contribution in [3.8, 4) is 0 Å². The van der Waals surface area contributed by atoms with Crippen molar-refractivity contribution < 1.29 is 18.3 Å². The largest absolute Gasteiger partial charge is 0.414 e. The van der Waals surface area contributed by atoms with Crippen LogP contribution in [0, 0.1) is 0 Å². The normalized spacial score (nSPS) is 15.3. The highest BCUT2D eigenvalue weighted by atomic mass is 28.4. The Morgan fingerprint density at radius 1 is 0.618 bits per heavy atom. The molecule has 1 aromatic carbocycles. The summed E-state index contributed by atoms with van der Waals surface area (Å²) in [6.07, 6.45) is 27.3. The minimum Gasteiger partial charge on any atom is -0.414 e. The van der Waals surface area contributed by atoms with E-state index in [1.165, 1.54) is 63.4 Å². The molecule has 0 unspecified atom stereocenters. The molecule has 0 aliphatic rings. The first-order valence-corrected chi connectivity index (χ1v) is 28.3. The standard InChI is InChI=1S/C49H90O4Si2/c1-13-20-22-23-24-25-26-27-28-33-40-47(45(15-3)50-42-43-36-31-29-32-37-43)51-46(16-4)48(53-55(17-5,18-6)19-7)41-35-34-39-44(38-30-21-14-2)52-54(11,12)49(8,9)10/h14-16,29,31-32,36-37,44-48H,2-4,13,17-28,30,33-35,38-42H2,1,5-12H3/t44-,45-,46-,47-,48-/m1/s1. The van der Waals surface area contributed by atoms with E-state index >= 15 is 0 Å². The Labute approximate surface area is 345 Å². The molecule has 5 atom stereocenters. The Kier molecular flexibility index (Phi) is 28.1. The van der Waals surface area contributed by atoms with Gasteiger partial charge in [0, 0.05) is 6.10 Å². The van der Waals surface area contributed by atoms with E-state index in [4.69, 9.17) is 18.3 Å². The van der Waals surface area contributed by atoms with E-state index in [1.54, 1.807) is 0 Å². The van der Waals surface area contributed by atoms with Crippen molar-refractivity contribution in [2.45, 2.75) is 237 Å². The molecule has 0 fully saturated rings. The summed E-state index contributed by atoms with van der Waals surface area (Å²) in [6, 6.07) is 13.8. The summed E-state index contributed by atoms with van der Waals surface area (Å²) in [4.78, 5) is 0. The van der Waals surface area contributed by atoms with Gasteiger partial charge in [-0.25, -0.2) is 0 Å². The van der Waals surface area contributed by atoms with E-state index in [2.05, 4.69) is 112 Å². The highest BCUT2D eigenvalue weighted by Crippen LogP contribution is 2.38. The zero-order valence-electron chi connectivity index (χ0n) is 37.8. The second-order valence-electron chi connectivity index (χ2n) is 17.7. The summed E-state index contributed by atoms with van der Waals surface area (Å²) >= 11 is 0.